The summed E-state index contributed by atoms with van der Waals surface area (Å²) in [7, 11) is 0. The molecule has 37 heavy (non-hydrogen) atoms. The molecular weight excluding hydrogens is 553 g/mol. The number of urea groups is 1. The summed E-state index contributed by atoms with van der Waals surface area (Å²) in [5.41, 5.74) is 1.60. The summed E-state index contributed by atoms with van der Waals surface area (Å²) in [6.45, 7) is 0.697. The van der Waals surface area contributed by atoms with Gasteiger partial charge >= 0.3 is 6.03 Å². The van der Waals surface area contributed by atoms with Crippen LogP contribution < -0.4 is 10.2 Å². The van der Waals surface area contributed by atoms with Crippen molar-refractivity contribution in [1.82, 2.24) is 9.88 Å². The first kappa shape index (κ1) is 25.4. The second kappa shape index (κ2) is 10.6. The first-order valence-electron chi connectivity index (χ1n) is 11.1. The highest BCUT2D eigenvalue weighted by atomic mass is 35.5. The molecule has 1 aliphatic heterocycles. The number of halogens is 3. The molecule has 0 atom stereocenters. The van der Waals surface area contributed by atoms with Crippen LogP contribution in [0.5, 0.6) is 0 Å². The van der Waals surface area contributed by atoms with E-state index in [9.17, 15) is 14.4 Å². The Morgan fingerprint density at radius 2 is 1.62 bits per heavy atom. The van der Waals surface area contributed by atoms with Crippen LogP contribution in [0.1, 0.15) is 5.56 Å². The zero-order valence-electron chi connectivity index (χ0n) is 19.1. The van der Waals surface area contributed by atoms with E-state index in [1.54, 1.807) is 11.8 Å². The van der Waals surface area contributed by atoms with Crippen molar-refractivity contribution >= 4 is 87.1 Å². The molecular formula is C27H18Cl3N3O3S. The number of carbonyl (C=O) groups excluding carboxylic acids is 3. The van der Waals surface area contributed by atoms with E-state index in [4.69, 9.17) is 34.8 Å². The van der Waals surface area contributed by atoms with Crippen LogP contribution in [0.3, 0.4) is 0 Å². The number of rotatable bonds is 6. The summed E-state index contributed by atoms with van der Waals surface area (Å²) < 4.78 is 2.08. The van der Waals surface area contributed by atoms with Gasteiger partial charge in [-0.05, 0) is 54.6 Å². The lowest BCUT2D eigenvalue weighted by Gasteiger charge is -2.27. The fourth-order valence-corrected chi connectivity index (χ4v) is 5.53. The maximum atomic E-state index is 13.3. The van der Waals surface area contributed by atoms with Crippen LogP contribution in [0, 0.1) is 0 Å². The van der Waals surface area contributed by atoms with Crippen LogP contribution in [0.15, 0.2) is 83.4 Å². The van der Waals surface area contributed by atoms with Gasteiger partial charge in [-0.3, -0.25) is 14.9 Å². The third-order valence-electron chi connectivity index (χ3n) is 5.79. The molecule has 2 heterocycles. The fraction of sp³-hybridized carbons (Fsp3) is 0.0741. The lowest BCUT2D eigenvalue weighted by atomic mass is 10.1. The Labute approximate surface area is 231 Å². The number of hydrogen-bond donors (Lipinski definition) is 1. The Bertz CT molecular complexity index is 1580. The quantitative estimate of drug-likeness (QED) is 0.153. The van der Waals surface area contributed by atoms with Crippen molar-refractivity contribution in [3.05, 3.63) is 99.1 Å². The molecule has 186 valence electrons. The number of thioether (sulfide) groups is 1. The molecule has 3 aromatic carbocycles. The number of nitrogens with one attached hydrogen (secondary N) is 1. The first-order chi connectivity index (χ1) is 17.8. The molecule has 1 aliphatic rings. The zero-order valence-corrected chi connectivity index (χ0v) is 22.2. The fourth-order valence-electron chi connectivity index (χ4n) is 4.06. The third kappa shape index (κ3) is 5.26. The van der Waals surface area contributed by atoms with E-state index < -0.39 is 17.8 Å². The van der Waals surface area contributed by atoms with Crippen molar-refractivity contribution in [2.24, 2.45) is 0 Å². The molecule has 0 spiro atoms. The van der Waals surface area contributed by atoms with Gasteiger partial charge in [0.15, 0.2) is 0 Å². The van der Waals surface area contributed by atoms with E-state index in [0.29, 0.717) is 22.2 Å². The van der Waals surface area contributed by atoms with Crippen LogP contribution in [0.2, 0.25) is 15.1 Å². The van der Waals surface area contributed by atoms with Crippen LogP contribution in [-0.2, 0) is 16.1 Å². The van der Waals surface area contributed by atoms with E-state index in [2.05, 4.69) is 9.88 Å². The second-order valence-corrected chi connectivity index (χ2v) is 10.6. The second-order valence-electron chi connectivity index (χ2n) is 8.15. The van der Waals surface area contributed by atoms with E-state index in [-0.39, 0.29) is 16.3 Å². The molecule has 0 unspecified atom stereocenters. The minimum atomic E-state index is -0.877. The number of para-hydroxylation sites is 1. The molecule has 0 bridgehead atoms. The number of amides is 4. The van der Waals surface area contributed by atoms with Gasteiger partial charge in [-0.2, -0.15) is 0 Å². The maximum Gasteiger partial charge on any atom is 0.335 e. The molecule has 6 nitrogen and oxygen atoms in total. The van der Waals surface area contributed by atoms with Crippen LogP contribution in [0.25, 0.3) is 17.0 Å². The van der Waals surface area contributed by atoms with Crippen LogP contribution in [0.4, 0.5) is 10.5 Å². The number of imide groups is 2. The van der Waals surface area contributed by atoms with Crippen LogP contribution in [-0.4, -0.2) is 28.2 Å². The number of hydrogen-bond acceptors (Lipinski definition) is 4. The predicted octanol–water partition coefficient (Wildman–Crippen LogP) is 7.06. The molecule has 0 radical (unpaired) electrons. The lowest BCUT2D eigenvalue weighted by molar-refractivity contribution is -0.122. The van der Waals surface area contributed by atoms with Crippen molar-refractivity contribution in [3.63, 3.8) is 0 Å². The molecule has 1 saturated heterocycles. The van der Waals surface area contributed by atoms with Gasteiger partial charge in [0.05, 0.1) is 10.7 Å². The highest BCUT2D eigenvalue weighted by Crippen LogP contribution is 2.32. The Morgan fingerprint density at radius 3 is 2.38 bits per heavy atom. The number of carbonyl (C=O) groups is 3. The van der Waals surface area contributed by atoms with Gasteiger partial charge in [-0.15, -0.1) is 11.8 Å². The number of aryl methyl sites for hydroxylation is 1. The molecule has 5 rings (SSSR count). The molecule has 1 aromatic heterocycles. The Kier molecular flexibility index (Phi) is 7.31. The highest BCUT2D eigenvalue weighted by molar-refractivity contribution is 7.99. The summed E-state index contributed by atoms with van der Waals surface area (Å²) in [6.07, 6.45) is 3.41. The van der Waals surface area contributed by atoms with Crippen LogP contribution >= 0.6 is 46.6 Å². The van der Waals surface area contributed by atoms with E-state index in [1.165, 1.54) is 24.3 Å². The number of nitrogens with zero attached hydrogens (tertiary/aromatic N) is 2. The Hall–Kier alpha value is -3.23. The number of benzene rings is 3. The largest absolute Gasteiger partial charge is 0.346 e. The van der Waals surface area contributed by atoms with Gasteiger partial charge in [-0.25, -0.2) is 9.69 Å². The Balaban J connectivity index is 1.46. The molecule has 4 aromatic rings. The van der Waals surface area contributed by atoms with Gasteiger partial charge in [-0.1, -0.05) is 53.0 Å². The van der Waals surface area contributed by atoms with Crippen molar-refractivity contribution in [3.8, 4) is 0 Å². The van der Waals surface area contributed by atoms with Gasteiger partial charge < -0.3 is 4.57 Å². The highest BCUT2D eigenvalue weighted by Gasteiger charge is 2.38. The number of aromatic nitrogens is 1. The van der Waals surface area contributed by atoms with E-state index in [1.807, 2.05) is 54.7 Å². The molecule has 10 heteroatoms. The first-order valence-corrected chi connectivity index (χ1v) is 13.3. The maximum absolute atomic E-state index is 13.3. The van der Waals surface area contributed by atoms with Gasteiger partial charge in [0, 0.05) is 49.9 Å². The Morgan fingerprint density at radius 1 is 0.892 bits per heavy atom. The monoisotopic (exact) mass is 569 g/mol. The summed E-state index contributed by atoms with van der Waals surface area (Å²) in [4.78, 5) is 40.6. The number of anilines is 1. The molecule has 1 fully saturated rings. The zero-order chi connectivity index (χ0) is 26.1. The predicted molar refractivity (Wildman–Crippen MR) is 150 cm³/mol. The molecule has 0 aliphatic carbocycles. The third-order valence-corrected chi connectivity index (χ3v) is 7.57. The molecule has 1 N–H and O–H groups in total. The van der Waals surface area contributed by atoms with Gasteiger partial charge in [0.1, 0.15) is 5.57 Å². The SMILES string of the molecule is O=C1NC(=O)N(c2ccc(Cl)cc2Cl)C(=O)/C1=C/c1cn(CCSc2ccc(Cl)cc2)c2ccccc12. The summed E-state index contributed by atoms with van der Waals surface area (Å²) in [5.74, 6) is -0.743. The van der Waals surface area contributed by atoms with Crippen molar-refractivity contribution < 1.29 is 14.4 Å². The molecule has 4 amide bonds. The number of barbiturate groups is 1. The topological polar surface area (TPSA) is 71.4 Å². The minimum absolute atomic E-state index is 0.111. The normalized spacial score (nSPS) is 15.1. The van der Waals surface area contributed by atoms with Crippen molar-refractivity contribution in [2.75, 3.05) is 10.7 Å². The summed E-state index contributed by atoms with van der Waals surface area (Å²) >= 11 is 19.9. The average molecular weight is 571 g/mol. The molecule has 0 saturated carbocycles. The van der Waals surface area contributed by atoms with Gasteiger partial charge in [0.2, 0.25) is 0 Å². The smallest absolute Gasteiger partial charge is 0.335 e. The van der Waals surface area contributed by atoms with E-state index >= 15 is 0 Å². The summed E-state index contributed by atoms with van der Waals surface area (Å²) in [6, 6.07) is 18.9. The number of fused-ring (bicyclic) bond motifs is 1. The lowest BCUT2D eigenvalue weighted by Crippen LogP contribution is -2.54. The van der Waals surface area contributed by atoms with E-state index in [0.717, 1.165) is 26.5 Å². The standard InChI is InChI=1S/C27H18Cl3N3O3S/c28-17-5-8-19(9-6-17)37-12-11-32-15-16(20-3-1-2-4-23(20)32)13-21-25(34)31-27(36)33(26(21)35)24-10-7-18(29)14-22(24)30/h1-10,13-15H,11-12H2,(H,31,34,36)/b21-13+. The average Bonchev–Trinajstić information content (AvgIpc) is 3.21. The van der Waals surface area contributed by atoms with Crippen molar-refractivity contribution in [1.29, 1.82) is 0 Å². The minimum Gasteiger partial charge on any atom is -0.346 e. The van der Waals surface area contributed by atoms with Gasteiger partial charge in [0.25, 0.3) is 11.8 Å². The summed E-state index contributed by atoms with van der Waals surface area (Å²) in [5, 5.41) is 4.26. The van der Waals surface area contributed by atoms with Crippen molar-refractivity contribution in [2.45, 2.75) is 11.4 Å².